The summed E-state index contributed by atoms with van der Waals surface area (Å²) in [6.07, 6.45) is 12.5. The molecular formula is C25H43IN2O2. The van der Waals surface area contributed by atoms with Crippen LogP contribution in [0.5, 0.6) is 0 Å². The van der Waals surface area contributed by atoms with E-state index in [1.54, 1.807) is 5.57 Å². The Morgan fingerprint density at radius 2 is 2.00 bits per heavy atom. The SMILES string of the molecule is CCCC1C[C@@](C)(I)CC=C1[C@]1(C)CCC[C@@](C)(COC(=O)CN2CCNCC2)C1. The predicted molar refractivity (Wildman–Crippen MR) is 133 cm³/mol. The van der Waals surface area contributed by atoms with E-state index >= 15 is 0 Å². The van der Waals surface area contributed by atoms with Crippen molar-refractivity contribution in [2.24, 2.45) is 16.7 Å². The average molecular weight is 531 g/mol. The van der Waals surface area contributed by atoms with Gasteiger partial charge in [-0.1, -0.05) is 74.8 Å². The molecule has 1 saturated carbocycles. The highest BCUT2D eigenvalue weighted by Gasteiger charge is 2.45. The molecular weight excluding hydrogens is 487 g/mol. The van der Waals surface area contributed by atoms with Crippen LogP contribution in [0, 0.1) is 16.7 Å². The van der Waals surface area contributed by atoms with E-state index in [0.29, 0.717) is 22.5 Å². The second-order valence-electron chi connectivity index (χ2n) is 11.1. The van der Waals surface area contributed by atoms with Crippen LogP contribution in [0.15, 0.2) is 11.6 Å². The molecule has 1 saturated heterocycles. The lowest BCUT2D eigenvalue weighted by molar-refractivity contribution is -0.150. The second-order valence-corrected chi connectivity index (χ2v) is 13.7. The molecule has 4 atom stereocenters. The molecule has 0 bridgehead atoms. The lowest BCUT2D eigenvalue weighted by atomic mass is 9.57. The first-order valence-corrected chi connectivity index (χ1v) is 13.2. The second kappa shape index (κ2) is 10.2. The fourth-order valence-corrected chi connectivity index (χ4v) is 7.04. The van der Waals surface area contributed by atoms with Crippen LogP contribution >= 0.6 is 22.6 Å². The predicted octanol–water partition coefficient (Wildman–Crippen LogP) is 5.35. The van der Waals surface area contributed by atoms with E-state index in [1.165, 1.54) is 44.9 Å². The van der Waals surface area contributed by atoms with E-state index in [0.717, 1.165) is 32.6 Å². The summed E-state index contributed by atoms with van der Waals surface area (Å²) in [4.78, 5) is 14.7. The molecule has 2 fully saturated rings. The summed E-state index contributed by atoms with van der Waals surface area (Å²) in [5.74, 6) is 0.667. The third-order valence-electron chi connectivity index (χ3n) is 7.66. The maximum Gasteiger partial charge on any atom is 0.320 e. The Morgan fingerprint density at radius 1 is 1.27 bits per heavy atom. The fourth-order valence-electron chi connectivity index (χ4n) is 6.29. The molecule has 3 aliphatic rings. The monoisotopic (exact) mass is 530 g/mol. The van der Waals surface area contributed by atoms with Gasteiger partial charge in [0.25, 0.3) is 0 Å². The summed E-state index contributed by atoms with van der Waals surface area (Å²) >= 11 is 2.67. The molecule has 0 amide bonds. The smallest absolute Gasteiger partial charge is 0.320 e. The summed E-state index contributed by atoms with van der Waals surface area (Å²) in [6.45, 7) is 14.4. The van der Waals surface area contributed by atoms with Crippen LogP contribution < -0.4 is 5.32 Å². The zero-order valence-electron chi connectivity index (χ0n) is 19.7. The summed E-state index contributed by atoms with van der Waals surface area (Å²) in [6, 6.07) is 0. The number of carbonyl (C=O) groups is 1. The Bertz CT molecular complexity index is 629. The Balaban J connectivity index is 1.62. The van der Waals surface area contributed by atoms with Gasteiger partial charge in [-0.25, -0.2) is 0 Å². The molecule has 0 aromatic carbocycles. The minimum atomic E-state index is -0.0492. The highest BCUT2D eigenvalue weighted by Crippen LogP contribution is 2.55. The van der Waals surface area contributed by atoms with E-state index in [-0.39, 0.29) is 16.8 Å². The van der Waals surface area contributed by atoms with Crippen LogP contribution in [-0.4, -0.2) is 53.6 Å². The van der Waals surface area contributed by atoms with Crippen molar-refractivity contribution >= 4 is 28.6 Å². The summed E-state index contributed by atoms with van der Waals surface area (Å²) < 4.78 is 6.25. The van der Waals surface area contributed by atoms with Gasteiger partial charge in [0.05, 0.1) is 13.2 Å². The van der Waals surface area contributed by atoms with E-state index in [2.05, 4.69) is 66.6 Å². The number of nitrogens with zero attached hydrogens (tertiary/aromatic N) is 1. The van der Waals surface area contributed by atoms with Gasteiger partial charge in [0, 0.05) is 35.0 Å². The molecule has 0 aromatic rings. The van der Waals surface area contributed by atoms with Crippen LogP contribution in [-0.2, 0) is 9.53 Å². The van der Waals surface area contributed by atoms with Crippen LogP contribution in [0.4, 0.5) is 0 Å². The number of nitrogens with one attached hydrogen (secondary N) is 1. The molecule has 0 aromatic heterocycles. The molecule has 3 rings (SSSR count). The average Bonchev–Trinajstić information content (AvgIpc) is 2.67. The summed E-state index contributed by atoms with van der Waals surface area (Å²) in [7, 11) is 0. The van der Waals surface area contributed by atoms with Gasteiger partial charge in [0.1, 0.15) is 0 Å². The van der Waals surface area contributed by atoms with Crippen molar-refractivity contribution in [2.45, 2.75) is 82.5 Å². The maximum atomic E-state index is 12.5. The first kappa shape index (κ1) is 24.5. The van der Waals surface area contributed by atoms with Crippen molar-refractivity contribution in [3.8, 4) is 0 Å². The van der Waals surface area contributed by atoms with E-state index < -0.39 is 0 Å². The normalized spacial score (nSPS) is 38.2. The number of ether oxygens (including phenoxy) is 1. The highest BCUT2D eigenvalue weighted by atomic mass is 127. The largest absolute Gasteiger partial charge is 0.464 e. The number of hydrogen-bond acceptors (Lipinski definition) is 4. The lowest BCUT2D eigenvalue weighted by Crippen LogP contribution is -2.46. The highest BCUT2D eigenvalue weighted by molar-refractivity contribution is 14.1. The fraction of sp³-hybridized carbons (Fsp3) is 0.880. The van der Waals surface area contributed by atoms with Crippen molar-refractivity contribution in [3.05, 3.63) is 11.6 Å². The van der Waals surface area contributed by atoms with E-state index in [1.807, 2.05) is 0 Å². The van der Waals surface area contributed by atoms with E-state index in [4.69, 9.17) is 4.74 Å². The third-order valence-corrected chi connectivity index (χ3v) is 8.54. The molecule has 1 heterocycles. The van der Waals surface area contributed by atoms with Crippen LogP contribution in [0.2, 0.25) is 0 Å². The molecule has 1 N–H and O–H groups in total. The number of rotatable bonds is 7. The zero-order valence-corrected chi connectivity index (χ0v) is 21.9. The van der Waals surface area contributed by atoms with Gasteiger partial charge in [-0.3, -0.25) is 9.69 Å². The summed E-state index contributed by atoms with van der Waals surface area (Å²) in [5.41, 5.74) is 2.07. The molecule has 1 unspecified atom stereocenters. The van der Waals surface area contributed by atoms with Gasteiger partial charge in [-0.2, -0.15) is 0 Å². The van der Waals surface area contributed by atoms with Crippen LogP contribution in [0.25, 0.3) is 0 Å². The molecule has 2 aliphatic carbocycles. The maximum absolute atomic E-state index is 12.5. The number of halogens is 1. The van der Waals surface area contributed by atoms with Gasteiger partial charge < -0.3 is 10.1 Å². The Kier molecular flexibility index (Phi) is 8.33. The van der Waals surface area contributed by atoms with Crippen molar-refractivity contribution < 1.29 is 9.53 Å². The minimum Gasteiger partial charge on any atom is -0.464 e. The quantitative estimate of drug-likeness (QED) is 0.209. The van der Waals surface area contributed by atoms with Crippen LogP contribution in [0.3, 0.4) is 0 Å². The topological polar surface area (TPSA) is 41.6 Å². The Hall–Kier alpha value is -0.140. The van der Waals surface area contributed by atoms with Crippen molar-refractivity contribution in [1.29, 1.82) is 0 Å². The number of hydrogen-bond donors (Lipinski definition) is 1. The number of allylic oxidation sites excluding steroid dienone is 2. The lowest BCUT2D eigenvalue weighted by Gasteiger charge is -2.49. The first-order valence-electron chi connectivity index (χ1n) is 12.1. The molecule has 0 spiro atoms. The molecule has 4 nitrogen and oxygen atoms in total. The Labute approximate surface area is 198 Å². The van der Waals surface area contributed by atoms with Gasteiger partial charge in [0.2, 0.25) is 0 Å². The number of esters is 1. The zero-order chi connectivity index (χ0) is 21.8. The molecule has 5 heteroatoms. The van der Waals surface area contributed by atoms with Gasteiger partial charge in [0.15, 0.2) is 0 Å². The Morgan fingerprint density at radius 3 is 2.70 bits per heavy atom. The molecule has 1 aliphatic heterocycles. The molecule has 172 valence electrons. The third kappa shape index (κ3) is 6.44. The standard InChI is InChI=1S/C25H43IN2O2/c1-5-7-20-16-25(4,26)11-8-21(20)24(3)10-6-9-23(2,18-24)19-30-22(29)17-28-14-12-27-13-15-28/h8,20,27H,5-7,9-19H2,1-4H3/t20?,23-,24-,25+/m1/s1. The van der Waals surface area contributed by atoms with Crippen molar-refractivity contribution in [3.63, 3.8) is 0 Å². The minimum absolute atomic E-state index is 0.0492. The number of piperazine rings is 1. The number of carbonyl (C=O) groups excluding carboxylic acids is 1. The van der Waals surface area contributed by atoms with Gasteiger partial charge in [-0.05, 0) is 49.9 Å². The number of alkyl halides is 1. The van der Waals surface area contributed by atoms with E-state index in [9.17, 15) is 4.79 Å². The van der Waals surface area contributed by atoms with Crippen molar-refractivity contribution in [1.82, 2.24) is 10.2 Å². The van der Waals surface area contributed by atoms with Gasteiger partial charge in [-0.15, -0.1) is 0 Å². The molecule has 0 radical (unpaired) electrons. The first-order chi connectivity index (χ1) is 14.1. The molecule has 30 heavy (non-hydrogen) atoms. The van der Waals surface area contributed by atoms with Crippen LogP contribution in [0.1, 0.15) is 79.1 Å². The summed E-state index contributed by atoms with van der Waals surface area (Å²) in [5, 5.41) is 3.34. The van der Waals surface area contributed by atoms with Gasteiger partial charge >= 0.3 is 5.97 Å². The van der Waals surface area contributed by atoms with Crippen molar-refractivity contribution in [2.75, 3.05) is 39.3 Å².